The molecule has 2 heterocycles. The summed E-state index contributed by atoms with van der Waals surface area (Å²) in [7, 11) is 1.57. The molecule has 0 aliphatic carbocycles. The lowest BCUT2D eigenvalue weighted by atomic mass is 10.2. The Labute approximate surface area is 165 Å². The molecule has 8 heteroatoms. The summed E-state index contributed by atoms with van der Waals surface area (Å²) in [6.07, 6.45) is 1.71. The Balaban J connectivity index is 1.95. The first-order chi connectivity index (χ1) is 13.1. The second-order valence-corrected chi connectivity index (χ2v) is 7.55. The minimum atomic E-state index is -0.464. The van der Waals surface area contributed by atoms with Crippen molar-refractivity contribution < 1.29 is 4.74 Å². The number of fused-ring (bicyclic) bond motifs is 1. The molecule has 0 N–H and O–H groups in total. The van der Waals surface area contributed by atoms with Crippen molar-refractivity contribution in [1.29, 1.82) is 0 Å². The molecule has 4 rings (SSSR count). The maximum absolute atomic E-state index is 12.8. The molecule has 0 amide bonds. The zero-order chi connectivity index (χ0) is 19.0. The van der Waals surface area contributed by atoms with Crippen LogP contribution in [-0.4, -0.2) is 21.7 Å². The lowest BCUT2D eigenvalue weighted by Gasteiger charge is -2.04. The number of thiazole rings is 1. The van der Waals surface area contributed by atoms with E-state index in [0.29, 0.717) is 15.8 Å². The minimum Gasteiger partial charge on any atom is -0.496 e. The average Bonchev–Trinajstić information content (AvgIpc) is 2.96. The standard InChI is InChI=1S/C19H12BrN3O3S/c1-26-14-8-7-13(20)9-12(14)10-15-18(25)23-19(27-15)21-17(24)16(22-23)11-5-3-2-4-6-11/h2-10H,1H3. The van der Waals surface area contributed by atoms with Gasteiger partial charge in [-0.3, -0.25) is 9.59 Å². The zero-order valence-corrected chi connectivity index (χ0v) is 16.5. The summed E-state index contributed by atoms with van der Waals surface area (Å²) < 4.78 is 7.79. The van der Waals surface area contributed by atoms with Crippen LogP contribution in [0.3, 0.4) is 0 Å². The van der Waals surface area contributed by atoms with Gasteiger partial charge in [-0.05, 0) is 24.3 Å². The van der Waals surface area contributed by atoms with E-state index < -0.39 is 5.56 Å². The lowest BCUT2D eigenvalue weighted by molar-refractivity contribution is 0.414. The molecule has 2 aromatic heterocycles. The van der Waals surface area contributed by atoms with Crippen LogP contribution >= 0.6 is 27.3 Å². The molecule has 2 aromatic carbocycles. The van der Waals surface area contributed by atoms with Crippen molar-refractivity contribution in [3.63, 3.8) is 0 Å². The Morgan fingerprint density at radius 2 is 1.93 bits per heavy atom. The second-order valence-electron chi connectivity index (χ2n) is 5.63. The normalized spacial score (nSPS) is 11.9. The summed E-state index contributed by atoms with van der Waals surface area (Å²) in [6.45, 7) is 0. The number of hydrogen-bond donors (Lipinski definition) is 0. The van der Waals surface area contributed by atoms with E-state index in [1.54, 1.807) is 43.5 Å². The van der Waals surface area contributed by atoms with E-state index in [1.165, 1.54) is 4.52 Å². The van der Waals surface area contributed by atoms with E-state index >= 15 is 0 Å². The summed E-state index contributed by atoms with van der Waals surface area (Å²) >= 11 is 4.53. The van der Waals surface area contributed by atoms with Gasteiger partial charge in [0.2, 0.25) is 4.96 Å². The van der Waals surface area contributed by atoms with Crippen LogP contribution in [0.2, 0.25) is 0 Å². The van der Waals surface area contributed by atoms with Gasteiger partial charge in [-0.2, -0.15) is 14.6 Å². The molecule has 0 radical (unpaired) electrons. The highest BCUT2D eigenvalue weighted by atomic mass is 79.9. The molecule has 0 saturated carbocycles. The lowest BCUT2D eigenvalue weighted by Crippen LogP contribution is -2.26. The smallest absolute Gasteiger partial charge is 0.300 e. The summed E-state index contributed by atoms with van der Waals surface area (Å²) in [5.74, 6) is 0.635. The number of nitrogens with zero attached hydrogens (tertiary/aromatic N) is 3. The first-order valence-corrected chi connectivity index (χ1v) is 9.52. The molecule has 0 atom stereocenters. The molecule has 27 heavy (non-hydrogen) atoms. The van der Waals surface area contributed by atoms with Crippen molar-refractivity contribution in [1.82, 2.24) is 14.6 Å². The van der Waals surface area contributed by atoms with Gasteiger partial charge in [0.25, 0.3) is 5.56 Å². The molecule has 0 aliphatic heterocycles. The summed E-state index contributed by atoms with van der Waals surface area (Å²) in [5.41, 5.74) is 0.710. The summed E-state index contributed by atoms with van der Waals surface area (Å²) in [6, 6.07) is 14.5. The summed E-state index contributed by atoms with van der Waals surface area (Å²) in [4.78, 5) is 29.4. The molecular weight excluding hydrogens is 430 g/mol. The van der Waals surface area contributed by atoms with Crippen LogP contribution < -0.4 is 20.4 Å². The topological polar surface area (TPSA) is 73.6 Å². The number of halogens is 1. The summed E-state index contributed by atoms with van der Waals surface area (Å²) in [5, 5.41) is 4.25. The number of methoxy groups -OCH3 is 1. The van der Waals surface area contributed by atoms with Crippen LogP contribution in [0.25, 0.3) is 22.3 Å². The predicted molar refractivity (Wildman–Crippen MR) is 108 cm³/mol. The van der Waals surface area contributed by atoms with Crippen LogP contribution in [0.4, 0.5) is 0 Å². The molecule has 0 bridgehead atoms. The minimum absolute atomic E-state index is 0.148. The Morgan fingerprint density at radius 3 is 2.67 bits per heavy atom. The Morgan fingerprint density at radius 1 is 1.15 bits per heavy atom. The van der Waals surface area contributed by atoms with E-state index in [1.807, 2.05) is 18.2 Å². The first kappa shape index (κ1) is 17.6. The Kier molecular flexibility index (Phi) is 4.59. The molecule has 134 valence electrons. The van der Waals surface area contributed by atoms with Gasteiger partial charge >= 0.3 is 5.56 Å². The molecule has 0 unspecified atom stereocenters. The first-order valence-electron chi connectivity index (χ1n) is 7.91. The van der Waals surface area contributed by atoms with E-state index in [0.717, 1.165) is 21.4 Å². The highest BCUT2D eigenvalue weighted by Crippen LogP contribution is 2.23. The van der Waals surface area contributed by atoms with E-state index in [9.17, 15) is 9.59 Å². The third-order valence-corrected chi connectivity index (χ3v) is 5.36. The molecule has 4 aromatic rings. The highest BCUT2D eigenvalue weighted by Gasteiger charge is 2.13. The van der Waals surface area contributed by atoms with E-state index in [4.69, 9.17) is 4.74 Å². The predicted octanol–water partition coefficient (Wildman–Crippen LogP) is 2.50. The van der Waals surface area contributed by atoms with Gasteiger partial charge in [-0.25, -0.2) is 0 Å². The number of rotatable bonds is 3. The van der Waals surface area contributed by atoms with E-state index in [-0.39, 0.29) is 16.2 Å². The van der Waals surface area contributed by atoms with Gasteiger partial charge in [0, 0.05) is 15.6 Å². The van der Waals surface area contributed by atoms with Gasteiger partial charge in [-0.1, -0.05) is 57.6 Å². The molecule has 0 fully saturated rings. The van der Waals surface area contributed by atoms with Crippen LogP contribution in [0.1, 0.15) is 5.56 Å². The number of ether oxygens (including phenoxy) is 1. The second kappa shape index (κ2) is 7.05. The van der Waals surface area contributed by atoms with Crippen molar-refractivity contribution in [3.8, 4) is 17.0 Å². The Hall–Kier alpha value is -2.84. The zero-order valence-electron chi connectivity index (χ0n) is 14.0. The van der Waals surface area contributed by atoms with Gasteiger partial charge in [0.05, 0.1) is 11.6 Å². The van der Waals surface area contributed by atoms with Crippen LogP contribution in [0, 0.1) is 0 Å². The number of benzene rings is 2. The van der Waals surface area contributed by atoms with E-state index in [2.05, 4.69) is 26.0 Å². The maximum Gasteiger partial charge on any atom is 0.300 e. The molecule has 0 spiro atoms. The molecular formula is C19H12BrN3O3S. The molecule has 6 nitrogen and oxygen atoms in total. The average molecular weight is 442 g/mol. The van der Waals surface area contributed by atoms with Crippen LogP contribution in [0.15, 0.2) is 62.6 Å². The van der Waals surface area contributed by atoms with Crippen molar-refractivity contribution in [3.05, 3.63) is 83.8 Å². The third-order valence-electron chi connectivity index (χ3n) is 3.91. The third kappa shape index (κ3) is 3.29. The fourth-order valence-corrected chi connectivity index (χ4v) is 3.92. The maximum atomic E-state index is 12.8. The van der Waals surface area contributed by atoms with Crippen molar-refractivity contribution in [2.45, 2.75) is 0 Å². The fourth-order valence-electron chi connectivity index (χ4n) is 2.65. The molecule has 0 saturated heterocycles. The van der Waals surface area contributed by atoms with Crippen LogP contribution in [0.5, 0.6) is 5.75 Å². The van der Waals surface area contributed by atoms with Crippen molar-refractivity contribution in [2.75, 3.05) is 7.11 Å². The SMILES string of the molecule is COc1ccc(Br)cc1C=c1sc2nc(=O)c(-c3ccccc3)nn2c1=O. The van der Waals surface area contributed by atoms with Gasteiger partial charge in [0.1, 0.15) is 5.75 Å². The Bertz CT molecular complexity index is 1320. The fraction of sp³-hybridized carbons (Fsp3) is 0.0526. The largest absolute Gasteiger partial charge is 0.496 e. The van der Waals surface area contributed by atoms with Gasteiger partial charge in [-0.15, -0.1) is 0 Å². The molecule has 0 aliphatic rings. The highest BCUT2D eigenvalue weighted by molar-refractivity contribution is 9.10. The van der Waals surface area contributed by atoms with Gasteiger partial charge < -0.3 is 4.74 Å². The quantitative estimate of drug-likeness (QED) is 0.488. The monoisotopic (exact) mass is 441 g/mol. The number of hydrogen-bond acceptors (Lipinski definition) is 6. The van der Waals surface area contributed by atoms with Crippen LogP contribution in [-0.2, 0) is 0 Å². The van der Waals surface area contributed by atoms with Crippen molar-refractivity contribution in [2.24, 2.45) is 0 Å². The number of aromatic nitrogens is 3. The van der Waals surface area contributed by atoms with Crippen molar-refractivity contribution >= 4 is 38.3 Å². The van der Waals surface area contributed by atoms with Gasteiger partial charge in [0.15, 0.2) is 5.69 Å².